The molecule has 0 amide bonds. The minimum Gasteiger partial charge on any atom is -0.397 e. The summed E-state index contributed by atoms with van der Waals surface area (Å²) in [6, 6.07) is 5.49. The van der Waals surface area contributed by atoms with Gasteiger partial charge in [0.25, 0.3) is 5.56 Å². The van der Waals surface area contributed by atoms with Gasteiger partial charge >= 0.3 is 5.69 Å². The van der Waals surface area contributed by atoms with Crippen molar-refractivity contribution in [2.24, 2.45) is 7.05 Å². The van der Waals surface area contributed by atoms with Crippen LogP contribution in [-0.4, -0.2) is 9.55 Å². The van der Waals surface area contributed by atoms with Gasteiger partial charge in [0.2, 0.25) is 0 Å². The summed E-state index contributed by atoms with van der Waals surface area (Å²) < 4.78 is 1.29. The van der Waals surface area contributed by atoms with Gasteiger partial charge in [-0.15, -0.1) is 0 Å². The number of nitrogen functional groups attached to an aromatic ring is 1. The topological polar surface area (TPSA) is 92.9 Å². The molecule has 19 heavy (non-hydrogen) atoms. The molecule has 6 nitrogen and oxygen atoms in total. The van der Waals surface area contributed by atoms with Crippen LogP contribution in [0.25, 0.3) is 0 Å². The Labute approximate surface area is 109 Å². The summed E-state index contributed by atoms with van der Waals surface area (Å²) in [5, 5.41) is 3.21. The Morgan fingerprint density at radius 3 is 2.63 bits per heavy atom. The van der Waals surface area contributed by atoms with E-state index in [0.29, 0.717) is 0 Å². The van der Waals surface area contributed by atoms with Crippen molar-refractivity contribution in [3.05, 3.63) is 56.4 Å². The Bertz CT molecular complexity index is 690. The molecule has 1 aliphatic heterocycles. The molecular weight excluding hydrogens is 244 g/mol. The van der Waals surface area contributed by atoms with Crippen LogP contribution >= 0.6 is 0 Å². The highest BCUT2D eigenvalue weighted by molar-refractivity contribution is 5.75. The van der Waals surface area contributed by atoms with E-state index in [2.05, 4.69) is 29.4 Å². The van der Waals surface area contributed by atoms with E-state index in [1.54, 1.807) is 7.05 Å². The van der Waals surface area contributed by atoms with E-state index in [-0.39, 0.29) is 11.2 Å². The van der Waals surface area contributed by atoms with Gasteiger partial charge in [0.1, 0.15) is 0 Å². The van der Waals surface area contributed by atoms with Crippen LogP contribution in [0.1, 0.15) is 11.1 Å². The van der Waals surface area contributed by atoms with Gasteiger partial charge < -0.3 is 15.6 Å². The summed E-state index contributed by atoms with van der Waals surface area (Å²) in [4.78, 5) is 23.0. The third kappa shape index (κ3) is 2.85. The first-order valence-corrected chi connectivity index (χ1v) is 5.86. The number of anilines is 2. The average Bonchev–Trinajstić information content (AvgIpc) is 2.59. The Kier molecular flexibility index (Phi) is 3.41. The molecule has 0 radical (unpaired) electrons. The van der Waals surface area contributed by atoms with Crippen LogP contribution in [0.2, 0.25) is 0 Å². The molecular formula is C13H16N4O2. The van der Waals surface area contributed by atoms with Crippen LogP contribution < -0.4 is 22.3 Å². The van der Waals surface area contributed by atoms with Crippen LogP contribution in [0.5, 0.6) is 0 Å². The summed E-state index contributed by atoms with van der Waals surface area (Å²) in [5.74, 6) is 0. The largest absolute Gasteiger partial charge is 0.397 e. The predicted molar refractivity (Wildman–Crippen MR) is 75.2 cm³/mol. The van der Waals surface area contributed by atoms with Gasteiger partial charge in [0.05, 0.1) is 11.4 Å². The zero-order chi connectivity index (χ0) is 14.0. The highest BCUT2D eigenvalue weighted by Gasteiger charge is 2.12. The van der Waals surface area contributed by atoms with Crippen LogP contribution in [0, 0.1) is 6.92 Å². The average molecular weight is 260 g/mol. The molecule has 0 saturated heterocycles. The Morgan fingerprint density at radius 2 is 2.05 bits per heavy atom. The summed E-state index contributed by atoms with van der Waals surface area (Å²) in [6.45, 7) is 2.98. The second-order valence-corrected chi connectivity index (χ2v) is 4.46. The predicted octanol–water partition coefficient (Wildman–Crippen LogP) is 0.576. The fourth-order valence-electron chi connectivity index (χ4n) is 1.84. The van der Waals surface area contributed by atoms with Crippen molar-refractivity contribution in [2.75, 3.05) is 11.1 Å². The third-order valence-corrected chi connectivity index (χ3v) is 2.88. The van der Waals surface area contributed by atoms with E-state index < -0.39 is 0 Å². The zero-order valence-electron chi connectivity index (χ0n) is 10.9. The molecule has 2 bridgehead atoms. The number of hydrogen-bond acceptors (Lipinski definition) is 4. The maximum atomic E-state index is 10.5. The molecule has 2 aromatic rings. The minimum absolute atomic E-state index is 0.363. The number of nitrogens with one attached hydrogen (secondary N) is 2. The highest BCUT2D eigenvalue weighted by Crippen LogP contribution is 2.31. The number of rotatable bonds is 0. The number of aromatic nitrogens is 2. The molecule has 1 aromatic heterocycles. The van der Waals surface area contributed by atoms with Gasteiger partial charge in [-0.1, -0.05) is 6.07 Å². The molecule has 0 fully saturated rings. The summed E-state index contributed by atoms with van der Waals surface area (Å²) in [5.41, 5.74) is 9.53. The zero-order valence-corrected chi connectivity index (χ0v) is 10.9. The fraction of sp³-hybridized carbons (Fsp3) is 0.231. The number of hydrogen-bond donors (Lipinski definition) is 3. The van der Waals surface area contributed by atoms with Crippen molar-refractivity contribution in [3.63, 3.8) is 0 Å². The van der Waals surface area contributed by atoms with Crippen molar-refractivity contribution in [1.82, 2.24) is 9.55 Å². The summed E-state index contributed by atoms with van der Waals surface area (Å²) in [7, 11) is 1.57. The lowest BCUT2D eigenvalue weighted by molar-refractivity contribution is 0.799. The first-order chi connectivity index (χ1) is 8.97. The molecule has 0 atom stereocenters. The molecule has 0 saturated carbocycles. The monoisotopic (exact) mass is 260 g/mol. The molecule has 1 aliphatic rings. The molecule has 3 rings (SSSR count). The SMILES string of the molecule is Cc1cc2c(N)c(c1)NC2.Cn1ccc(=O)[nH]c1=O. The number of nitrogens with zero attached hydrogens (tertiary/aromatic N) is 1. The van der Waals surface area contributed by atoms with Crippen LogP contribution in [0.3, 0.4) is 0 Å². The van der Waals surface area contributed by atoms with E-state index in [0.717, 1.165) is 17.9 Å². The lowest BCUT2D eigenvalue weighted by Gasteiger charge is -1.97. The first-order valence-electron chi connectivity index (χ1n) is 5.86. The number of nitrogens with two attached hydrogens (primary N) is 1. The summed E-state index contributed by atoms with van der Waals surface area (Å²) >= 11 is 0. The number of aromatic amines is 1. The fourth-order valence-corrected chi connectivity index (χ4v) is 1.84. The van der Waals surface area contributed by atoms with E-state index in [4.69, 9.17) is 5.73 Å². The van der Waals surface area contributed by atoms with Gasteiger partial charge in [-0.2, -0.15) is 0 Å². The second-order valence-electron chi connectivity index (χ2n) is 4.46. The quantitative estimate of drug-likeness (QED) is 0.604. The molecule has 4 N–H and O–H groups in total. The van der Waals surface area contributed by atoms with Gasteiger partial charge in [-0.25, -0.2) is 4.79 Å². The Balaban J connectivity index is 0.000000141. The standard InChI is InChI=1S/C8H10N2.C5H6N2O2/c1-5-2-6-4-10-7(3-5)8(6)9;1-7-3-2-4(8)6-5(7)9/h2-3,10H,4,9H2,1H3;2-3H,1H3,(H,6,8,9). The van der Waals surface area contributed by atoms with Crippen molar-refractivity contribution in [2.45, 2.75) is 13.5 Å². The normalized spacial score (nSPS) is 11.5. The number of aryl methyl sites for hydroxylation is 2. The maximum Gasteiger partial charge on any atom is 0.328 e. The Morgan fingerprint density at radius 1 is 1.32 bits per heavy atom. The van der Waals surface area contributed by atoms with E-state index in [1.807, 2.05) is 0 Å². The molecule has 1 aromatic carbocycles. The summed E-state index contributed by atoms with van der Waals surface area (Å²) in [6.07, 6.45) is 1.42. The molecule has 100 valence electrons. The molecule has 0 unspecified atom stereocenters. The van der Waals surface area contributed by atoms with Crippen LogP contribution in [0.4, 0.5) is 11.4 Å². The van der Waals surface area contributed by atoms with Gasteiger partial charge in [-0.05, 0) is 24.1 Å². The van der Waals surface area contributed by atoms with Gasteiger partial charge in [0, 0.05) is 25.9 Å². The maximum absolute atomic E-state index is 10.5. The molecule has 0 spiro atoms. The molecule has 0 aliphatic carbocycles. The highest BCUT2D eigenvalue weighted by atomic mass is 16.2. The third-order valence-electron chi connectivity index (χ3n) is 2.88. The lowest BCUT2D eigenvalue weighted by atomic mass is 10.1. The minimum atomic E-state index is -0.387. The van der Waals surface area contributed by atoms with Crippen molar-refractivity contribution in [3.8, 4) is 0 Å². The van der Waals surface area contributed by atoms with Crippen LogP contribution in [-0.2, 0) is 13.6 Å². The second kappa shape index (κ2) is 5.01. The number of fused-ring (bicyclic) bond motifs is 2. The van der Waals surface area contributed by atoms with E-state index in [1.165, 1.54) is 28.0 Å². The Hall–Kier alpha value is -2.50. The van der Waals surface area contributed by atoms with Gasteiger partial charge in [0.15, 0.2) is 0 Å². The van der Waals surface area contributed by atoms with Crippen LogP contribution in [0.15, 0.2) is 34.0 Å². The van der Waals surface area contributed by atoms with Gasteiger partial charge in [-0.3, -0.25) is 9.78 Å². The molecule has 2 heterocycles. The first kappa shape index (κ1) is 12.9. The van der Waals surface area contributed by atoms with E-state index >= 15 is 0 Å². The number of benzene rings is 1. The van der Waals surface area contributed by atoms with E-state index in [9.17, 15) is 9.59 Å². The van der Waals surface area contributed by atoms with Crippen molar-refractivity contribution in [1.29, 1.82) is 0 Å². The lowest BCUT2D eigenvalue weighted by Crippen LogP contribution is -2.26. The molecule has 6 heteroatoms. The number of H-pyrrole nitrogens is 1. The van der Waals surface area contributed by atoms with Crippen molar-refractivity contribution < 1.29 is 0 Å². The smallest absolute Gasteiger partial charge is 0.328 e. The van der Waals surface area contributed by atoms with Crippen molar-refractivity contribution >= 4 is 11.4 Å².